The maximum Gasteiger partial charge on any atom is 0.249 e. The molecule has 1 atom stereocenters. The third-order valence-corrected chi connectivity index (χ3v) is 4.55. The highest BCUT2D eigenvalue weighted by atomic mass is 35.5. The molecule has 1 amide bonds. The highest BCUT2D eigenvalue weighted by Gasteiger charge is 2.33. The number of hydrogen-bond acceptors (Lipinski definition) is 4. The van der Waals surface area contributed by atoms with Crippen molar-refractivity contribution in [1.82, 2.24) is 9.88 Å². The molecule has 0 aliphatic carbocycles. The zero-order valence-electron chi connectivity index (χ0n) is 13.7. The second-order valence-electron chi connectivity index (χ2n) is 5.82. The van der Waals surface area contributed by atoms with Crippen molar-refractivity contribution >= 4 is 17.5 Å². The van der Waals surface area contributed by atoms with E-state index >= 15 is 0 Å². The Balaban J connectivity index is 1.70. The average Bonchev–Trinajstić information content (AvgIpc) is 3.23. The van der Waals surface area contributed by atoms with Gasteiger partial charge in [0.2, 0.25) is 11.8 Å². The van der Waals surface area contributed by atoms with Gasteiger partial charge in [-0.15, -0.1) is 0 Å². The van der Waals surface area contributed by atoms with E-state index in [0.717, 1.165) is 30.7 Å². The molecule has 3 rings (SSSR count). The van der Waals surface area contributed by atoms with E-state index in [-0.39, 0.29) is 18.6 Å². The number of likely N-dealkylation sites (tertiary alicyclic amines) is 1. The number of benzene rings is 1. The van der Waals surface area contributed by atoms with Crippen molar-refractivity contribution in [3.63, 3.8) is 0 Å². The smallest absolute Gasteiger partial charge is 0.249 e. The maximum absolute atomic E-state index is 12.2. The summed E-state index contributed by atoms with van der Waals surface area (Å²) >= 11 is 6.19. The van der Waals surface area contributed by atoms with Crippen LogP contribution >= 0.6 is 11.6 Å². The van der Waals surface area contributed by atoms with Crippen molar-refractivity contribution in [2.24, 2.45) is 0 Å². The van der Waals surface area contributed by atoms with Crippen molar-refractivity contribution in [1.29, 1.82) is 0 Å². The summed E-state index contributed by atoms with van der Waals surface area (Å²) < 4.78 is 11.1. The molecule has 1 aromatic carbocycles. The summed E-state index contributed by atoms with van der Waals surface area (Å²) in [7, 11) is 0. The normalized spacial score (nSPS) is 17.4. The lowest BCUT2D eigenvalue weighted by molar-refractivity contribution is -0.137. The van der Waals surface area contributed by atoms with Crippen molar-refractivity contribution in [2.45, 2.75) is 32.2 Å². The van der Waals surface area contributed by atoms with Crippen LogP contribution in [0, 0.1) is 0 Å². The third-order valence-electron chi connectivity index (χ3n) is 4.18. The van der Waals surface area contributed by atoms with E-state index < -0.39 is 0 Å². The van der Waals surface area contributed by atoms with Gasteiger partial charge in [-0.25, -0.2) is 4.98 Å². The van der Waals surface area contributed by atoms with Gasteiger partial charge in [-0.3, -0.25) is 4.79 Å². The van der Waals surface area contributed by atoms with Crippen molar-refractivity contribution in [3.05, 3.63) is 52.7 Å². The van der Waals surface area contributed by atoms with Crippen molar-refractivity contribution in [2.75, 3.05) is 19.8 Å². The minimum atomic E-state index is -0.0991. The third kappa shape index (κ3) is 3.79. The van der Waals surface area contributed by atoms with Gasteiger partial charge in [0.25, 0.3) is 0 Å². The van der Waals surface area contributed by atoms with Gasteiger partial charge in [0, 0.05) is 24.6 Å². The van der Waals surface area contributed by atoms with Crippen LogP contribution in [0.1, 0.15) is 43.0 Å². The first kappa shape index (κ1) is 17.0. The number of nitrogens with zero attached hydrogens (tertiary/aromatic N) is 2. The van der Waals surface area contributed by atoms with Gasteiger partial charge in [-0.05, 0) is 31.4 Å². The molecular weight excluding hydrogens is 328 g/mol. The molecule has 1 fully saturated rings. The van der Waals surface area contributed by atoms with E-state index in [1.807, 2.05) is 31.2 Å². The molecule has 1 aliphatic heterocycles. The van der Waals surface area contributed by atoms with Crippen LogP contribution in [0.4, 0.5) is 0 Å². The molecule has 0 N–H and O–H groups in total. The molecule has 24 heavy (non-hydrogen) atoms. The summed E-state index contributed by atoms with van der Waals surface area (Å²) in [5.74, 6) is 1.34. The molecule has 1 aliphatic rings. The van der Waals surface area contributed by atoms with Crippen LogP contribution in [-0.4, -0.2) is 35.5 Å². The number of aromatic nitrogens is 1. The topological polar surface area (TPSA) is 55.6 Å². The van der Waals surface area contributed by atoms with Gasteiger partial charge in [-0.1, -0.05) is 29.8 Å². The molecule has 0 spiro atoms. The van der Waals surface area contributed by atoms with Crippen LogP contribution in [0.25, 0.3) is 0 Å². The predicted octanol–water partition coefficient (Wildman–Crippen LogP) is 3.62. The Morgan fingerprint density at radius 3 is 3.08 bits per heavy atom. The first-order chi connectivity index (χ1) is 11.7. The SMILES string of the molecule is CCOCC(=O)N1CCC[C@H]1c1ncc(Cc2ccccc2Cl)o1. The minimum Gasteiger partial charge on any atom is -0.443 e. The number of oxazole rings is 1. The second kappa shape index (κ2) is 7.81. The fraction of sp³-hybridized carbons (Fsp3) is 0.444. The van der Waals surface area contributed by atoms with Gasteiger partial charge >= 0.3 is 0 Å². The molecule has 1 saturated heterocycles. The highest BCUT2D eigenvalue weighted by molar-refractivity contribution is 6.31. The number of amides is 1. The van der Waals surface area contributed by atoms with Gasteiger partial charge in [0.05, 0.1) is 6.20 Å². The first-order valence-electron chi connectivity index (χ1n) is 8.24. The standard InChI is InChI=1S/C18H21ClN2O3/c1-2-23-12-17(22)21-9-5-8-16(21)18-20-11-14(24-18)10-13-6-3-4-7-15(13)19/h3-4,6-7,11,16H,2,5,8-10,12H2,1H3/t16-/m0/s1. The lowest BCUT2D eigenvalue weighted by Crippen LogP contribution is -2.33. The first-order valence-corrected chi connectivity index (χ1v) is 8.62. The molecule has 0 unspecified atom stereocenters. The highest BCUT2D eigenvalue weighted by Crippen LogP contribution is 2.32. The summed E-state index contributed by atoms with van der Waals surface area (Å²) in [4.78, 5) is 18.4. The van der Waals surface area contributed by atoms with Gasteiger partial charge in [-0.2, -0.15) is 0 Å². The van der Waals surface area contributed by atoms with E-state index in [9.17, 15) is 4.79 Å². The van der Waals surface area contributed by atoms with E-state index in [1.165, 1.54) is 0 Å². The quantitative estimate of drug-likeness (QED) is 0.800. The second-order valence-corrected chi connectivity index (χ2v) is 6.22. The van der Waals surface area contributed by atoms with Crippen LogP contribution in [0.5, 0.6) is 0 Å². The van der Waals surface area contributed by atoms with Crippen molar-refractivity contribution in [3.8, 4) is 0 Å². The molecule has 0 bridgehead atoms. The van der Waals surface area contributed by atoms with Gasteiger partial charge in [0.1, 0.15) is 18.4 Å². The summed E-state index contributed by atoms with van der Waals surface area (Å²) in [5, 5.41) is 0.713. The van der Waals surface area contributed by atoms with Gasteiger partial charge in [0.15, 0.2) is 0 Å². The van der Waals surface area contributed by atoms with E-state index in [4.69, 9.17) is 20.8 Å². The number of halogens is 1. The van der Waals surface area contributed by atoms with Crippen LogP contribution in [0.2, 0.25) is 5.02 Å². The van der Waals surface area contributed by atoms with Gasteiger partial charge < -0.3 is 14.1 Å². The molecular formula is C18H21ClN2O3. The summed E-state index contributed by atoms with van der Waals surface area (Å²) in [6.07, 6.45) is 4.13. The molecule has 6 heteroatoms. The monoisotopic (exact) mass is 348 g/mol. The fourth-order valence-electron chi connectivity index (χ4n) is 2.98. The molecule has 2 aromatic rings. The van der Waals surface area contributed by atoms with Crippen LogP contribution < -0.4 is 0 Å². The fourth-order valence-corrected chi connectivity index (χ4v) is 3.18. The minimum absolute atomic E-state index is 0.00907. The summed E-state index contributed by atoms with van der Waals surface area (Å²) in [6, 6.07) is 7.58. The Hall–Kier alpha value is -1.85. The molecule has 0 saturated carbocycles. The van der Waals surface area contributed by atoms with Crippen LogP contribution in [0.15, 0.2) is 34.9 Å². The maximum atomic E-state index is 12.2. The van der Waals surface area contributed by atoms with E-state index in [0.29, 0.717) is 23.9 Å². The number of hydrogen-bond donors (Lipinski definition) is 0. The largest absolute Gasteiger partial charge is 0.443 e. The summed E-state index contributed by atoms with van der Waals surface area (Å²) in [5.41, 5.74) is 0.998. The lowest BCUT2D eigenvalue weighted by Gasteiger charge is -2.22. The number of rotatable bonds is 6. The molecule has 5 nitrogen and oxygen atoms in total. The lowest BCUT2D eigenvalue weighted by atomic mass is 10.1. The Labute approximate surface area is 146 Å². The zero-order valence-corrected chi connectivity index (χ0v) is 14.5. The molecule has 2 heterocycles. The molecule has 128 valence electrons. The van der Waals surface area contributed by atoms with Crippen LogP contribution in [0.3, 0.4) is 0 Å². The predicted molar refractivity (Wildman–Crippen MR) is 90.9 cm³/mol. The average molecular weight is 349 g/mol. The number of carbonyl (C=O) groups is 1. The van der Waals surface area contributed by atoms with Crippen molar-refractivity contribution < 1.29 is 13.9 Å². The Bertz CT molecular complexity index is 701. The van der Waals surface area contributed by atoms with E-state index in [1.54, 1.807) is 11.1 Å². The van der Waals surface area contributed by atoms with Crippen LogP contribution in [-0.2, 0) is 16.0 Å². The Kier molecular flexibility index (Phi) is 5.53. The Morgan fingerprint density at radius 1 is 1.46 bits per heavy atom. The zero-order chi connectivity index (χ0) is 16.9. The number of carbonyl (C=O) groups excluding carboxylic acids is 1. The number of ether oxygens (including phenoxy) is 1. The van der Waals surface area contributed by atoms with E-state index in [2.05, 4.69) is 4.98 Å². The summed E-state index contributed by atoms with van der Waals surface area (Å²) in [6.45, 7) is 3.24. The molecule has 0 radical (unpaired) electrons. The molecule has 1 aromatic heterocycles. The Morgan fingerprint density at radius 2 is 2.29 bits per heavy atom.